The lowest BCUT2D eigenvalue weighted by atomic mass is 9.90. The van der Waals surface area contributed by atoms with E-state index in [0.29, 0.717) is 38.3 Å². The van der Waals surface area contributed by atoms with Crippen LogP contribution in [0.5, 0.6) is 0 Å². The van der Waals surface area contributed by atoms with E-state index in [1.165, 1.54) is 6.42 Å². The summed E-state index contributed by atoms with van der Waals surface area (Å²) in [4.78, 5) is 42.8. The minimum atomic E-state index is -0.0637. The minimum Gasteiger partial charge on any atom is -0.385 e. The number of rotatable bonds is 9. The van der Waals surface area contributed by atoms with Crippen LogP contribution in [0.25, 0.3) is 0 Å². The van der Waals surface area contributed by atoms with Crippen LogP contribution in [-0.2, 0) is 19.1 Å². The second kappa shape index (κ2) is 11.0. The van der Waals surface area contributed by atoms with Crippen LogP contribution in [0, 0.1) is 11.8 Å². The SMILES string of the molecule is COCCCC1CCN(C(=O)C2CCC(=O)N(CCCN3CCCC3=O)C2)CC1. The molecule has 0 saturated carbocycles. The van der Waals surface area contributed by atoms with Crippen LogP contribution in [-0.4, -0.2) is 85.4 Å². The molecule has 3 fully saturated rings. The topological polar surface area (TPSA) is 70.2 Å². The van der Waals surface area contributed by atoms with Gasteiger partial charge in [-0.05, 0) is 50.9 Å². The molecule has 3 heterocycles. The first-order valence-electron chi connectivity index (χ1n) is 11.4. The predicted octanol–water partition coefficient (Wildman–Crippen LogP) is 1.90. The third kappa shape index (κ3) is 6.17. The van der Waals surface area contributed by atoms with Crippen LogP contribution in [0.3, 0.4) is 0 Å². The van der Waals surface area contributed by atoms with E-state index < -0.39 is 0 Å². The minimum absolute atomic E-state index is 0.0637. The molecule has 3 amide bonds. The molecule has 0 bridgehead atoms. The summed E-state index contributed by atoms with van der Waals surface area (Å²) in [5.74, 6) is 1.25. The molecule has 1 atom stereocenters. The third-order valence-electron chi connectivity index (χ3n) is 6.76. The summed E-state index contributed by atoms with van der Waals surface area (Å²) >= 11 is 0. The standard InChI is InChI=1S/C22H37N3O4/c1-29-16-3-5-18-9-14-24(15-10-18)22(28)19-7-8-21(27)25(17-19)13-4-12-23-11-2-6-20(23)26/h18-19H,2-17H2,1H3. The number of piperidine rings is 2. The summed E-state index contributed by atoms with van der Waals surface area (Å²) in [6.07, 6.45) is 7.97. The lowest BCUT2D eigenvalue weighted by molar-refractivity contribution is -0.144. The molecule has 3 saturated heterocycles. The van der Waals surface area contributed by atoms with Crippen molar-refractivity contribution in [3.05, 3.63) is 0 Å². The van der Waals surface area contributed by atoms with Crippen LogP contribution in [0.4, 0.5) is 0 Å². The number of carbonyl (C=O) groups excluding carboxylic acids is 3. The molecule has 29 heavy (non-hydrogen) atoms. The van der Waals surface area contributed by atoms with Crippen molar-refractivity contribution in [3.63, 3.8) is 0 Å². The fourth-order valence-electron chi connectivity index (χ4n) is 4.94. The molecular formula is C22H37N3O4. The first-order valence-corrected chi connectivity index (χ1v) is 11.4. The third-order valence-corrected chi connectivity index (χ3v) is 6.76. The molecule has 7 nitrogen and oxygen atoms in total. The molecule has 0 aliphatic carbocycles. The fourth-order valence-corrected chi connectivity index (χ4v) is 4.94. The second-order valence-electron chi connectivity index (χ2n) is 8.82. The zero-order chi connectivity index (χ0) is 20.6. The van der Waals surface area contributed by atoms with E-state index in [9.17, 15) is 14.4 Å². The lowest BCUT2D eigenvalue weighted by Gasteiger charge is -2.38. The van der Waals surface area contributed by atoms with Crippen LogP contribution in [0.15, 0.2) is 0 Å². The summed E-state index contributed by atoms with van der Waals surface area (Å²) in [7, 11) is 1.74. The molecule has 0 aromatic heterocycles. The van der Waals surface area contributed by atoms with Gasteiger partial charge in [-0.1, -0.05) is 0 Å². The Morgan fingerprint density at radius 1 is 0.966 bits per heavy atom. The van der Waals surface area contributed by atoms with Crippen molar-refractivity contribution in [2.24, 2.45) is 11.8 Å². The maximum Gasteiger partial charge on any atom is 0.227 e. The summed E-state index contributed by atoms with van der Waals surface area (Å²) in [6, 6.07) is 0. The Morgan fingerprint density at radius 2 is 1.69 bits per heavy atom. The molecule has 0 N–H and O–H groups in total. The Kier molecular flexibility index (Phi) is 8.33. The Hall–Kier alpha value is -1.63. The molecule has 3 rings (SSSR count). The molecule has 0 spiro atoms. The molecule has 1 unspecified atom stereocenters. The van der Waals surface area contributed by atoms with Gasteiger partial charge in [-0.2, -0.15) is 0 Å². The summed E-state index contributed by atoms with van der Waals surface area (Å²) in [6.45, 7) is 5.26. The number of likely N-dealkylation sites (tertiary alicyclic amines) is 3. The summed E-state index contributed by atoms with van der Waals surface area (Å²) in [5.41, 5.74) is 0. The van der Waals surface area contributed by atoms with Gasteiger partial charge in [0.2, 0.25) is 17.7 Å². The number of amides is 3. The highest BCUT2D eigenvalue weighted by atomic mass is 16.5. The van der Waals surface area contributed by atoms with Gasteiger partial charge in [0, 0.05) is 65.8 Å². The normalized spacial score (nSPS) is 23.9. The number of carbonyl (C=O) groups is 3. The van der Waals surface area contributed by atoms with E-state index in [1.807, 2.05) is 14.7 Å². The van der Waals surface area contributed by atoms with Crippen molar-refractivity contribution in [1.82, 2.24) is 14.7 Å². The Bertz CT molecular complexity index is 574. The fraction of sp³-hybridized carbons (Fsp3) is 0.864. The van der Waals surface area contributed by atoms with Gasteiger partial charge >= 0.3 is 0 Å². The zero-order valence-electron chi connectivity index (χ0n) is 17.9. The van der Waals surface area contributed by atoms with E-state index >= 15 is 0 Å². The van der Waals surface area contributed by atoms with Gasteiger partial charge in [-0.3, -0.25) is 14.4 Å². The largest absolute Gasteiger partial charge is 0.385 e. The van der Waals surface area contributed by atoms with E-state index in [-0.39, 0.29) is 23.6 Å². The van der Waals surface area contributed by atoms with E-state index in [1.54, 1.807) is 7.11 Å². The monoisotopic (exact) mass is 407 g/mol. The highest BCUT2D eigenvalue weighted by molar-refractivity contribution is 5.84. The molecule has 0 radical (unpaired) electrons. The second-order valence-corrected chi connectivity index (χ2v) is 8.82. The van der Waals surface area contributed by atoms with Crippen molar-refractivity contribution >= 4 is 17.7 Å². The van der Waals surface area contributed by atoms with Crippen LogP contribution in [0.2, 0.25) is 0 Å². The maximum absolute atomic E-state index is 13.0. The van der Waals surface area contributed by atoms with Crippen molar-refractivity contribution in [2.45, 2.75) is 57.8 Å². The number of nitrogens with zero attached hydrogens (tertiary/aromatic N) is 3. The molecule has 164 valence electrons. The highest BCUT2D eigenvalue weighted by Gasteiger charge is 2.34. The van der Waals surface area contributed by atoms with Crippen molar-refractivity contribution in [3.8, 4) is 0 Å². The smallest absolute Gasteiger partial charge is 0.227 e. The molecular weight excluding hydrogens is 370 g/mol. The molecule has 7 heteroatoms. The quantitative estimate of drug-likeness (QED) is 0.548. The average molecular weight is 408 g/mol. The lowest BCUT2D eigenvalue weighted by Crippen LogP contribution is -2.49. The van der Waals surface area contributed by atoms with Gasteiger partial charge < -0.3 is 19.4 Å². The van der Waals surface area contributed by atoms with Gasteiger partial charge in [0.1, 0.15) is 0 Å². The number of ether oxygens (including phenoxy) is 1. The van der Waals surface area contributed by atoms with Gasteiger partial charge in [0.25, 0.3) is 0 Å². The van der Waals surface area contributed by atoms with E-state index in [2.05, 4.69) is 0 Å². The Balaban J connectivity index is 1.40. The average Bonchev–Trinajstić information content (AvgIpc) is 3.14. The zero-order valence-corrected chi connectivity index (χ0v) is 17.9. The van der Waals surface area contributed by atoms with Gasteiger partial charge in [0.05, 0.1) is 5.92 Å². The van der Waals surface area contributed by atoms with Gasteiger partial charge in [-0.15, -0.1) is 0 Å². The van der Waals surface area contributed by atoms with Crippen molar-refractivity contribution < 1.29 is 19.1 Å². The predicted molar refractivity (Wildman–Crippen MR) is 110 cm³/mol. The van der Waals surface area contributed by atoms with Crippen molar-refractivity contribution in [2.75, 3.05) is 53.0 Å². The van der Waals surface area contributed by atoms with Crippen LogP contribution < -0.4 is 0 Å². The van der Waals surface area contributed by atoms with Gasteiger partial charge in [0.15, 0.2) is 0 Å². The number of methoxy groups -OCH3 is 1. The Morgan fingerprint density at radius 3 is 2.38 bits per heavy atom. The number of hydrogen-bond donors (Lipinski definition) is 0. The molecule has 3 aliphatic heterocycles. The van der Waals surface area contributed by atoms with Crippen molar-refractivity contribution in [1.29, 1.82) is 0 Å². The summed E-state index contributed by atoms with van der Waals surface area (Å²) < 4.78 is 5.14. The van der Waals surface area contributed by atoms with E-state index in [0.717, 1.165) is 64.9 Å². The van der Waals surface area contributed by atoms with E-state index in [4.69, 9.17) is 4.74 Å². The Labute approximate surface area is 174 Å². The van der Waals surface area contributed by atoms with Crippen LogP contribution in [0.1, 0.15) is 57.8 Å². The first-order chi connectivity index (χ1) is 14.1. The highest BCUT2D eigenvalue weighted by Crippen LogP contribution is 2.26. The molecule has 3 aliphatic rings. The van der Waals surface area contributed by atoms with Crippen LogP contribution >= 0.6 is 0 Å². The number of hydrogen-bond acceptors (Lipinski definition) is 4. The summed E-state index contributed by atoms with van der Waals surface area (Å²) in [5, 5.41) is 0. The molecule has 0 aromatic carbocycles. The first kappa shape index (κ1) is 22.1. The van der Waals surface area contributed by atoms with Gasteiger partial charge in [-0.25, -0.2) is 0 Å². The maximum atomic E-state index is 13.0. The molecule has 0 aromatic rings.